The van der Waals surface area contributed by atoms with Crippen LogP contribution in [0.25, 0.3) is 0 Å². The van der Waals surface area contributed by atoms with Crippen LogP contribution in [0.4, 0.5) is 5.69 Å². The molecule has 19 heavy (non-hydrogen) atoms. The van der Waals surface area contributed by atoms with E-state index in [1.54, 1.807) is 7.11 Å². The third-order valence-corrected chi connectivity index (χ3v) is 5.24. The number of methoxy groups -OCH3 is 1. The quantitative estimate of drug-likeness (QED) is 0.891. The molecular weight excluding hydrogens is 304 g/mol. The minimum atomic E-state index is 0.530. The summed E-state index contributed by atoms with van der Waals surface area (Å²) in [6.45, 7) is 8.56. The highest BCUT2D eigenvalue weighted by Crippen LogP contribution is 2.40. The van der Waals surface area contributed by atoms with E-state index in [4.69, 9.17) is 4.74 Å². The second-order valence-corrected chi connectivity index (χ2v) is 6.06. The molecule has 0 amide bonds. The average Bonchev–Trinajstić information content (AvgIpc) is 2.44. The van der Waals surface area contributed by atoms with Crippen molar-refractivity contribution in [3.05, 3.63) is 21.2 Å². The van der Waals surface area contributed by atoms with Gasteiger partial charge in [-0.25, -0.2) is 0 Å². The van der Waals surface area contributed by atoms with E-state index in [1.165, 1.54) is 21.2 Å². The Morgan fingerprint density at radius 3 is 2.32 bits per heavy atom. The van der Waals surface area contributed by atoms with Gasteiger partial charge in [-0.3, -0.25) is 0 Å². The molecule has 0 aromatic heterocycles. The third-order valence-electron chi connectivity index (χ3n) is 4.06. The van der Waals surface area contributed by atoms with Crippen molar-refractivity contribution in [3.63, 3.8) is 0 Å². The molecule has 3 nitrogen and oxygen atoms in total. The highest BCUT2D eigenvalue weighted by Gasteiger charge is 2.20. The van der Waals surface area contributed by atoms with Gasteiger partial charge >= 0.3 is 0 Å². The standard InChI is InChI=1S/C15H23BrN2O/c1-9-10(2)15(19-4)14(11(3)13(9)16)18-12-5-7-17-8-6-12/h12,17-18H,5-8H2,1-4H3. The molecular formula is C15H23BrN2O. The van der Waals surface area contributed by atoms with Gasteiger partial charge in [0.05, 0.1) is 12.8 Å². The number of nitrogens with one attached hydrogen (secondary N) is 2. The number of rotatable bonds is 3. The van der Waals surface area contributed by atoms with Gasteiger partial charge in [0.1, 0.15) is 5.75 Å². The summed E-state index contributed by atoms with van der Waals surface area (Å²) in [5.41, 5.74) is 4.84. The Hall–Kier alpha value is -0.740. The zero-order valence-corrected chi connectivity index (χ0v) is 13.8. The topological polar surface area (TPSA) is 33.3 Å². The largest absolute Gasteiger partial charge is 0.494 e. The SMILES string of the molecule is COc1c(C)c(C)c(Br)c(C)c1NC1CCNCC1. The van der Waals surface area contributed by atoms with Crippen LogP contribution in [-0.2, 0) is 0 Å². The van der Waals surface area contributed by atoms with Crippen LogP contribution < -0.4 is 15.4 Å². The van der Waals surface area contributed by atoms with Crippen LogP contribution in [-0.4, -0.2) is 26.2 Å². The lowest BCUT2D eigenvalue weighted by Gasteiger charge is -2.28. The van der Waals surface area contributed by atoms with Gasteiger partial charge in [-0.05, 0) is 63.4 Å². The molecule has 1 heterocycles. The van der Waals surface area contributed by atoms with Crippen molar-refractivity contribution in [1.82, 2.24) is 5.32 Å². The average molecular weight is 327 g/mol. The normalized spacial score (nSPS) is 16.5. The van der Waals surface area contributed by atoms with Gasteiger partial charge in [0, 0.05) is 10.5 Å². The molecule has 0 atom stereocenters. The van der Waals surface area contributed by atoms with E-state index in [0.29, 0.717) is 6.04 Å². The first kappa shape index (κ1) is 14.7. The number of hydrogen-bond acceptors (Lipinski definition) is 3. The van der Waals surface area contributed by atoms with Crippen molar-refractivity contribution in [2.24, 2.45) is 0 Å². The van der Waals surface area contributed by atoms with Crippen LogP contribution in [0.3, 0.4) is 0 Å². The van der Waals surface area contributed by atoms with Crippen LogP contribution >= 0.6 is 15.9 Å². The van der Waals surface area contributed by atoms with E-state index in [1.807, 2.05) is 0 Å². The van der Waals surface area contributed by atoms with Gasteiger partial charge in [-0.15, -0.1) is 0 Å². The zero-order valence-electron chi connectivity index (χ0n) is 12.2. The van der Waals surface area contributed by atoms with Crippen LogP contribution in [0, 0.1) is 20.8 Å². The molecule has 0 radical (unpaired) electrons. The van der Waals surface area contributed by atoms with Crippen LogP contribution in [0.5, 0.6) is 5.75 Å². The van der Waals surface area contributed by atoms with E-state index in [9.17, 15) is 0 Å². The first-order valence-corrected chi connectivity index (χ1v) is 7.66. The fourth-order valence-electron chi connectivity index (χ4n) is 2.68. The second-order valence-electron chi connectivity index (χ2n) is 5.27. The Morgan fingerprint density at radius 2 is 1.74 bits per heavy atom. The summed E-state index contributed by atoms with van der Waals surface area (Å²) in [5, 5.41) is 7.08. The van der Waals surface area contributed by atoms with Gasteiger partial charge in [-0.2, -0.15) is 0 Å². The first-order chi connectivity index (χ1) is 9.06. The van der Waals surface area contributed by atoms with Crippen LogP contribution in [0.2, 0.25) is 0 Å². The molecule has 0 aliphatic carbocycles. The van der Waals surface area contributed by atoms with Crippen molar-refractivity contribution in [2.45, 2.75) is 39.7 Å². The summed E-state index contributed by atoms with van der Waals surface area (Å²) >= 11 is 3.70. The van der Waals surface area contributed by atoms with Crippen molar-refractivity contribution in [2.75, 3.05) is 25.5 Å². The zero-order chi connectivity index (χ0) is 14.0. The molecule has 0 saturated carbocycles. The van der Waals surface area contributed by atoms with Crippen LogP contribution in [0.1, 0.15) is 29.5 Å². The third kappa shape index (κ3) is 2.90. The number of ether oxygens (including phenoxy) is 1. The summed E-state index contributed by atoms with van der Waals surface area (Å²) in [7, 11) is 1.75. The van der Waals surface area contributed by atoms with Crippen molar-refractivity contribution in [3.8, 4) is 5.75 Å². The molecule has 2 rings (SSSR count). The van der Waals surface area contributed by atoms with Crippen molar-refractivity contribution in [1.29, 1.82) is 0 Å². The minimum Gasteiger partial charge on any atom is -0.494 e. The predicted molar refractivity (Wildman–Crippen MR) is 84.4 cm³/mol. The maximum absolute atomic E-state index is 5.64. The van der Waals surface area contributed by atoms with E-state index in [2.05, 4.69) is 47.3 Å². The molecule has 1 aromatic rings. The summed E-state index contributed by atoms with van der Waals surface area (Å²) in [4.78, 5) is 0. The van der Waals surface area contributed by atoms with Gasteiger partial charge in [0.25, 0.3) is 0 Å². The lowest BCUT2D eigenvalue weighted by Crippen LogP contribution is -2.35. The molecule has 0 spiro atoms. The second kappa shape index (κ2) is 6.14. The highest BCUT2D eigenvalue weighted by atomic mass is 79.9. The molecule has 1 aromatic carbocycles. The maximum Gasteiger partial charge on any atom is 0.145 e. The fraction of sp³-hybridized carbons (Fsp3) is 0.600. The van der Waals surface area contributed by atoms with Crippen LogP contribution in [0.15, 0.2) is 4.47 Å². The van der Waals surface area contributed by atoms with Crippen molar-refractivity contribution < 1.29 is 4.74 Å². The lowest BCUT2D eigenvalue weighted by atomic mass is 10.0. The molecule has 0 bridgehead atoms. The smallest absolute Gasteiger partial charge is 0.145 e. The Morgan fingerprint density at radius 1 is 1.11 bits per heavy atom. The van der Waals surface area contributed by atoms with Gasteiger partial charge in [0.2, 0.25) is 0 Å². The van der Waals surface area contributed by atoms with E-state index in [-0.39, 0.29) is 0 Å². The maximum atomic E-state index is 5.64. The molecule has 2 N–H and O–H groups in total. The summed E-state index contributed by atoms with van der Waals surface area (Å²) < 4.78 is 6.82. The summed E-state index contributed by atoms with van der Waals surface area (Å²) in [5.74, 6) is 0.983. The number of anilines is 1. The van der Waals surface area contributed by atoms with E-state index in [0.717, 1.165) is 37.4 Å². The van der Waals surface area contributed by atoms with Gasteiger partial charge in [-0.1, -0.05) is 15.9 Å². The number of hydrogen-bond donors (Lipinski definition) is 2. The van der Waals surface area contributed by atoms with Gasteiger partial charge < -0.3 is 15.4 Å². The Labute approximate surface area is 124 Å². The molecule has 0 unspecified atom stereocenters. The monoisotopic (exact) mass is 326 g/mol. The summed E-state index contributed by atoms with van der Waals surface area (Å²) in [6, 6.07) is 0.530. The predicted octanol–water partition coefficient (Wildman–Crippen LogP) is 3.55. The summed E-state index contributed by atoms with van der Waals surface area (Å²) in [6.07, 6.45) is 2.32. The minimum absolute atomic E-state index is 0.530. The molecule has 106 valence electrons. The van der Waals surface area contributed by atoms with E-state index < -0.39 is 0 Å². The van der Waals surface area contributed by atoms with E-state index >= 15 is 0 Å². The van der Waals surface area contributed by atoms with Crippen molar-refractivity contribution >= 4 is 21.6 Å². The number of piperidine rings is 1. The molecule has 1 fully saturated rings. The lowest BCUT2D eigenvalue weighted by molar-refractivity contribution is 0.410. The Kier molecular flexibility index (Phi) is 4.74. The first-order valence-electron chi connectivity index (χ1n) is 6.86. The highest BCUT2D eigenvalue weighted by molar-refractivity contribution is 9.10. The number of benzene rings is 1. The molecule has 1 saturated heterocycles. The molecule has 1 aliphatic rings. The molecule has 1 aliphatic heterocycles. The fourth-order valence-corrected chi connectivity index (χ4v) is 3.18. The number of halogens is 1. The Balaban J connectivity index is 2.37. The van der Waals surface area contributed by atoms with Gasteiger partial charge in [0.15, 0.2) is 0 Å². The molecule has 4 heteroatoms. The Bertz CT molecular complexity index is 468.